The maximum Gasteiger partial charge on any atom is 0.247 e. The number of aromatic nitrogens is 4. The summed E-state index contributed by atoms with van der Waals surface area (Å²) in [7, 11) is 0. The zero-order valence-electron chi connectivity index (χ0n) is 13.2. The van der Waals surface area contributed by atoms with Crippen molar-refractivity contribution in [3.05, 3.63) is 68.9 Å². The Hall–Kier alpha value is -1.81. The minimum Gasteiger partial charge on any atom is -0.420 e. The van der Waals surface area contributed by atoms with Crippen molar-refractivity contribution in [2.24, 2.45) is 0 Å². The standard InChI is InChI=1S/C17H11BrN4OS3/c18-12-6-4-5-11(9-12)15-20-19-14(23-15)10-25-16-21-22(17(24)26-16)13-7-2-1-3-8-13/h1-9H,10H2. The van der Waals surface area contributed by atoms with Crippen molar-refractivity contribution in [1.82, 2.24) is 20.0 Å². The van der Waals surface area contributed by atoms with Crippen molar-refractivity contribution in [2.45, 2.75) is 10.1 Å². The van der Waals surface area contributed by atoms with Crippen LogP contribution in [0.5, 0.6) is 0 Å². The summed E-state index contributed by atoms with van der Waals surface area (Å²) < 4.78 is 10.1. The number of halogens is 1. The summed E-state index contributed by atoms with van der Waals surface area (Å²) in [5.74, 6) is 1.60. The van der Waals surface area contributed by atoms with E-state index < -0.39 is 0 Å². The first-order valence-electron chi connectivity index (χ1n) is 7.56. The molecule has 0 fully saturated rings. The van der Waals surface area contributed by atoms with Crippen molar-refractivity contribution in [3.63, 3.8) is 0 Å². The Morgan fingerprint density at radius 1 is 1.12 bits per heavy atom. The topological polar surface area (TPSA) is 56.7 Å². The van der Waals surface area contributed by atoms with Crippen molar-refractivity contribution in [1.29, 1.82) is 0 Å². The zero-order valence-corrected chi connectivity index (χ0v) is 17.2. The van der Waals surface area contributed by atoms with Gasteiger partial charge in [0.1, 0.15) is 0 Å². The molecule has 9 heteroatoms. The molecule has 4 rings (SSSR count). The number of hydrogen-bond acceptors (Lipinski definition) is 7. The van der Waals surface area contributed by atoms with Crippen LogP contribution in [0.25, 0.3) is 17.1 Å². The second kappa shape index (κ2) is 7.83. The Kier molecular flexibility index (Phi) is 5.30. The van der Waals surface area contributed by atoms with E-state index in [1.54, 1.807) is 4.68 Å². The van der Waals surface area contributed by atoms with Crippen LogP contribution >= 0.6 is 51.2 Å². The molecule has 0 aliphatic heterocycles. The lowest BCUT2D eigenvalue weighted by atomic mass is 10.2. The van der Waals surface area contributed by atoms with Gasteiger partial charge in [-0.1, -0.05) is 63.3 Å². The molecule has 0 amide bonds. The molecule has 26 heavy (non-hydrogen) atoms. The molecule has 0 atom stereocenters. The van der Waals surface area contributed by atoms with Gasteiger partial charge < -0.3 is 4.42 Å². The van der Waals surface area contributed by atoms with Gasteiger partial charge >= 0.3 is 0 Å². The second-order valence-corrected chi connectivity index (χ2v) is 8.94. The fraction of sp³-hybridized carbons (Fsp3) is 0.0588. The fourth-order valence-corrected chi connectivity index (χ4v) is 4.82. The van der Waals surface area contributed by atoms with Gasteiger partial charge in [-0.2, -0.15) is 0 Å². The Morgan fingerprint density at radius 2 is 1.96 bits per heavy atom. The highest BCUT2D eigenvalue weighted by atomic mass is 79.9. The highest BCUT2D eigenvalue weighted by molar-refractivity contribution is 9.10. The van der Waals surface area contributed by atoms with Crippen molar-refractivity contribution in [3.8, 4) is 17.1 Å². The van der Waals surface area contributed by atoms with Gasteiger partial charge in [0, 0.05) is 10.0 Å². The smallest absolute Gasteiger partial charge is 0.247 e. The van der Waals surface area contributed by atoms with E-state index in [0.717, 1.165) is 20.1 Å². The summed E-state index contributed by atoms with van der Waals surface area (Å²) in [6.07, 6.45) is 0. The second-order valence-electron chi connectivity index (χ2n) is 5.18. The lowest BCUT2D eigenvalue weighted by molar-refractivity contribution is 0.528. The lowest BCUT2D eigenvalue weighted by Gasteiger charge is -1.98. The summed E-state index contributed by atoms with van der Waals surface area (Å²) in [6.45, 7) is 0. The molecule has 0 unspecified atom stereocenters. The molecule has 5 nitrogen and oxygen atoms in total. The maximum atomic E-state index is 5.75. The molecule has 130 valence electrons. The van der Waals surface area contributed by atoms with Gasteiger partial charge in [0.25, 0.3) is 0 Å². The van der Waals surface area contributed by atoms with Crippen LogP contribution in [0.3, 0.4) is 0 Å². The third kappa shape index (κ3) is 3.96. The summed E-state index contributed by atoms with van der Waals surface area (Å²) in [4.78, 5) is 0. The summed E-state index contributed by atoms with van der Waals surface area (Å²) in [5, 5.41) is 12.8. The molecule has 2 heterocycles. The molecule has 2 aromatic heterocycles. The third-order valence-corrected chi connectivity index (χ3v) is 6.23. The van der Waals surface area contributed by atoms with Crippen molar-refractivity contribution in [2.75, 3.05) is 0 Å². The fourth-order valence-electron chi connectivity index (χ4n) is 2.23. The van der Waals surface area contributed by atoms with Crippen LogP contribution < -0.4 is 0 Å². The van der Waals surface area contributed by atoms with Crippen molar-refractivity contribution >= 4 is 51.2 Å². The Labute approximate surface area is 171 Å². The van der Waals surface area contributed by atoms with Crippen LogP contribution in [0.15, 0.2) is 67.8 Å². The molecule has 0 saturated heterocycles. The van der Waals surface area contributed by atoms with Gasteiger partial charge in [-0.05, 0) is 42.5 Å². The van der Waals surface area contributed by atoms with E-state index in [0.29, 0.717) is 21.5 Å². The predicted octanol–water partition coefficient (Wildman–Crippen LogP) is 5.77. The first-order valence-corrected chi connectivity index (χ1v) is 10.6. The number of benzene rings is 2. The highest BCUT2D eigenvalue weighted by Crippen LogP contribution is 2.28. The molecule has 0 bridgehead atoms. The SMILES string of the molecule is S=c1sc(SCc2nnc(-c3cccc(Br)c3)o2)nn1-c1ccccc1. The van der Waals surface area contributed by atoms with Gasteiger partial charge in [0.05, 0.1) is 11.4 Å². The predicted molar refractivity (Wildman–Crippen MR) is 109 cm³/mol. The van der Waals surface area contributed by atoms with E-state index in [2.05, 4.69) is 31.2 Å². The molecule has 4 aromatic rings. The number of hydrogen-bond donors (Lipinski definition) is 0. The van der Waals surface area contributed by atoms with Crippen LogP contribution in [-0.4, -0.2) is 20.0 Å². The lowest BCUT2D eigenvalue weighted by Crippen LogP contribution is -1.95. The Bertz CT molecular complexity index is 1090. The molecule has 0 radical (unpaired) electrons. The molecule has 2 aromatic carbocycles. The molecular formula is C17H11BrN4OS3. The number of thioether (sulfide) groups is 1. The van der Waals surface area contributed by atoms with Crippen molar-refractivity contribution < 1.29 is 4.42 Å². The normalized spacial score (nSPS) is 11.0. The minimum absolute atomic E-state index is 0.504. The van der Waals surface area contributed by atoms with E-state index >= 15 is 0 Å². The van der Waals surface area contributed by atoms with Crippen LogP contribution in [0.1, 0.15) is 5.89 Å². The van der Waals surface area contributed by atoms with Gasteiger partial charge in [-0.3, -0.25) is 0 Å². The number of nitrogens with zero attached hydrogens (tertiary/aromatic N) is 4. The Balaban J connectivity index is 1.48. The molecule has 0 aliphatic carbocycles. The number of rotatable bonds is 5. The molecule has 0 aliphatic rings. The Morgan fingerprint density at radius 3 is 2.77 bits per heavy atom. The zero-order chi connectivity index (χ0) is 17.9. The van der Waals surface area contributed by atoms with E-state index in [1.165, 1.54) is 23.1 Å². The first kappa shape index (κ1) is 17.6. The molecule has 0 saturated carbocycles. The van der Waals surface area contributed by atoms with Gasteiger partial charge in [-0.25, -0.2) is 4.68 Å². The maximum absolute atomic E-state index is 5.75. The van der Waals surface area contributed by atoms with E-state index in [9.17, 15) is 0 Å². The minimum atomic E-state index is 0.504. The van der Waals surface area contributed by atoms with E-state index in [-0.39, 0.29) is 0 Å². The quantitative estimate of drug-likeness (QED) is 0.277. The average molecular weight is 463 g/mol. The van der Waals surface area contributed by atoms with Crippen LogP contribution in [0.4, 0.5) is 0 Å². The highest BCUT2D eigenvalue weighted by Gasteiger charge is 2.12. The van der Waals surface area contributed by atoms with Crippen LogP contribution in [0, 0.1) is 3.95 Å². The summed E-state index contributed by atoms with van der Waals surface area (Å²) in [6, 6.07) is 17.6. The van der Waals surface area contributed by atoms with Gasteiger partial charge in [-0.15, -0.1) is 15.3 Å². The number of para-hydroxylation sites is 1. The monoisotopic (exact) mass is 462 g/mol. The molecule has 0 N–H and O–H groups in total. The summed E-state index contributed by atoms with van der Waals surface area (Å²) in [5.41, 5.74) is 1.84. The van der Waals surface area contributed by atoms with Gasteiger partial charge in [0.15, 0.2) is 8.29 Å². The van der Waals surface area contributed by atoms with Crippen LogP contribution in [0.2, 0.25) is 0 Å². The van der Waals surface area contributed by atoms with Gasteiger partial charge in [0.2, 0.25) is 11.8 Å². The van der Waals surface area contributed by atoms with E-state index in [4.69, 9.17) is 16.6 Å². The largest absolute Gasteiger partial charge is 0.420 e. The summed E-state index contributed by atoms with van der Waals surface area (Å²) >= 11 is 11.9. The molecule has 0 spiro atoms. The first-order chi connectivity index (χ1) is 12.7. The average Bonchev–Trinajstić information content (AvgIpc) is 3.27. The molecular weight excluding hydrogens is 452 g/mol. The van der Waals surface area contributed by atoms with Crippen LogP contribution in [-0.2, 0) is 5.75 Å². The third-order valence-electron chi connectivity index (χ3n) is 3.39. The van der Waals surface area contributed by atoms with E-state index in [1.807, 2.05) is 54.6 Å².